The van der Waals surface area contributed by atoms with Crippen molar-refractivity contribution in [1.29, 1.82) is 0 Å². The van der Waals surface area contributed by atoms with Crippen LogP contribution in [0.4, 0.5) is 16.2 Å². The Morgan fingerprint density at radius 1 is 1.30 bits per heavy atom. The first-order valence-corrected chi connectivity index (χ1v) is 10.1. The van der Waals surface area contributed by atoms with Crippen LogP contribution in [0.1, 0.15) is 0 Å². The maximum Gasteiger partial charge on any atom is 0.415 e. The van der Waals surface area contributed by atoms with Crippen molar-refractivity contribution in [2.45, 2.75) is 12.1 Å². The number of amides is 2. The summed E-state index contributed by atoms with van der Waals surface area (Å²) in [6, 6.07) is 4.60. The van der Waals surface area contributed by atoms with E-state index in [0.29, 0.717) is 30.3 Å². The summed E-state index contributed by atoms with van der Waals surface area (Å²) in [6.07, 6.45) is -0.425. The third kappa shape index (κ3) is 3.45. The minimum atomic E-state index is -3.65. The van der Waals surface area contributed by atoms with Crippen LogP contribution in [0.5, 0.6) is 5.75 Å². The molecular weight excluding hydrogens is 380 g/mol. The molecule has 146 valence electrons. The predicted molar refractivity (Wildman–Crippen MR) is 92.4 cm³/mol. The molecule has 0 unspecified atom stereocenters. The number of hydrogen-bond acceptors (Lipinski definition) is 8. The zero-order chi connectivity index (χ0) is 19.2. The molecule has 1 aromatic rings. The minimum absolute atomic E-state index is 0.0283. The number of anilines is 2. The molecule has 1 aromatic carbocycles. The SMILES string of the molecule is CS(=O)(=O)OC[C@@H]1OC(=O)N2c3ccc(N4CCOCC4=O)cc3OC[C@@H]12. The van der Waals surface area contributed by atoms with E-state index in [-0.39, 0.29) is 25.7 Å². The first-order chi connectivity index (χ1) is 12.8. The van der Waals surface area contributed by atoms with Crippen molar-refractivity contribution < 1.29 is 36.4 Å². The normalized spacial score (nSPS) is 24.9. The van der Waals surface area contributed by atoms with Gasteiger partial charge in [-0.15, -0.1) is 0 Å². The largest absolute Gasteiger partial charge is 0.489 e. The Morgan fingerprint density at radius 3 is 2.85 bits per heavy atom. The third-order valence-corrected chi connectivity index (χ3v) is 5.13. The number of morpholine rings is 1. The van der Waals surface area contributed by atoms with Gasteiger partial charge >= 0.3 is 6.09 Å². The monoisotopic (exact) mass is 398 g/mol. The molecular formula is C16H18N2O8S. The molecule has 11 heteroatoms. The van der Waals surface area contributed by atoms with Gasteiger partial charge in [-0.3, -0.25) is 13.9 Å². The molecule has 4 rings (SSSR count). The van der Waals surface area contributed by atoms with E-state index in [1.54, 1.807) is 23.1 Å². The summed E-state index contributed by atoms with van der Waals surface area (Å²) < 4.78 is 43.3. The fraction of sp³-hybridized carbons (Fsp3) is 0.500. The van der Waals surface area contributed by atoms with Gasteiger partial charge in [-0.2, -0.15) is 8.42 Å². The number of fused-ring (bicyclic) bond motifs is 3. The lowest BCUT2D eigenvalue weighted by atomic mass is 10.1. The van der Waals surface area contributed by atoms with Gasteiger partial charge in [0.25, 0.3) is 16.0 Å². The first kappa shape index (κ1) is 18.0. The lowest BCUT2D eigenvalue weighted by Crippen LogP contribution is -2.46. The predicted octanol–water partition coefficient (Wildman–Crippen LogP) is 0.112. The average molecular weight is 398 g/mol. The van der Waals surface area contributed by atoms with E-state index < -0.39 is 28.4 Å². The van der Waals surface area contributed by atoms with Crippen molar-refractivity contribution in [2.75, 3.05) is 49.0 Å². The van der Waals surface area contributed by atoms with Crippen LogP contribution < -0.4 is 14.5 Å². The Bertz CT molecular complexity index is 886. The molecule has 0 spiro atoms. The topological polar surface area (TPSA) is 112 Å². The molecule has 0 saturated carbocycles. The van der Waals surface area contributed by atoms with Crippen molar-refractivity contribution in [2.24, 2.45) is 0 Å². The molecule has 0 aliphatic carbocycles. The number of carbonyl (C=O) groups is 2. The van der Waals surface area contributed by atoms with Gasteiger partial charge in [-0.25, -0.2) is 4.79 Å². The van der Waals surface area contributed by atoms with Crippen LogP contribution in [0.15, 0.2) is 18.2 Å². The van der Waals surface area contributed by atoms with Crippen LogP contribution in [0, 0.1) is 0 Å². The van der Waals surface area contributed by atoms with Crippen molar-refractivity contribution in [1.82, 2.24) is 0 Å². The maximum absolute atomic E-state index is 12.3. The summed E-state index contributed by atoms with van der Waals surface area (Å²) in [5, 5.41) is 0. The molecule has 10 nitrogen and oxygen atoms in total. The molecule has 0 bridgehead atoms. The van der Waals surface area contributed by atoms with E-state index in [0.717, 1.165) is 6.26 Å². The molecule has 3 aliphatic rings. The van der Waals surface area contributed by atoms with Crippen LogP contribution in [0.2, 0.25) is 0 Å². The fourth-order valence-corrected chi connectivity index (χ4v) is 3.69. The Hall–Kier alpha value is -2.37. The number of benzene rings is 1. The summed E-state index contributed by atoms with van der Waals surface area (Å²) in [6.45, 7) is 0.769. The van der Waals surface area contributed by atoms with E-state index in [1.807, 2.05) is 0 Å². The Morgan fingerprint density at radius 2 is 2.11 bits per heavy atom. The molecule has 0 N–H and O–H groups in total. The molecule has 0 radical (unpaired) electrons. The molecule has 3 heterocycles. The highest BCUT2D eigenvalue weighted by molar-refractivity contribution is 7.85. The molecule has 2 amide bonds. The summed E-state index contributed by atoms with van der Waals surface area (Å²) in [5.41, 5.74) is 1.16. The Balaban J connectivity index is 1.57. The highest BCUT2D eigenvalue weighted by Gasteiger charge is 2.47. The first-order valence-electron chi connectivity index (χ1n) is 8.33. The van der Waals surface area contributed by atoms with E-state index >= 15 is 0 Å². The van der Waals surface area contributed by atoms with Crippen molar-refractivity contribution in [3.63, 3.8) is 0 Å². The van der Waals surface area contributed by atoms with Crippen LogP contribution in [0.25, 0.3) is 0 Å². The Kier molecular flexibility index (Phi) is 4.44. The van der Waals surface area contributed by atoms with Gasteiger partial charge in [0.2, 0.25) is 0 Å². The van der Waals surface area contributed by atoms with E-state index in [2.05, 4.69) is 0 Å². The third-order valence-electron chi connectivity index (χ3n) is 4.57. The molecule has 2 fully saturated rings. The lowest BCUT2D eigenvalue weighted by Gasteiger charge is -2.33. The lowest BCUT2D eigenvalue weighted by molar-refractivity contribution is -0.125. The number of ether oxygens (including phenoxy) is 3. The summed E-state index contributed by atoms with van der Waals surface area (Å²) in [7, 11) is -3.65. The maximum atomic E-state index is 12.3. The van der Waals surface area contributed by atoms with Crippen LogP contribution >= 0.6 is 0 Å². The number of hydrogen-bond donors (Lipinski definition) is 0. The highest BCUT2D eigenvalue weighted by Crippen LogP contribution is 2.41. The van der Waals surface area contributed by atoms with Gasteiger partial charge in [0.1, 0.15) is 31.6 Å². The second-order valence-corrected chi connectivity index (χ2v) is 8.05. The molecule has 2 atom stereocenters. The van der Waals surface area contributed by atoms with Gasteiger partial charge in [0, 0.05) is 18.3 Å². The second-order valence-electron chi connectivity index (χ2n) is 6.41. The van der Waals surface area contributed by atoms with Crippen LogP contribution in [-0.4, -0.2) is 71.8 Å². The number of cyclic esters (lactones) is 1. The number of carbonyl (C=O) groups excluding carboxylic acids is 2. The van der Waals surface area contributed by atoms with Gasteiger partial charge < -0.3 is 19.1 Å². The molecule has 2 saturated heterocycles. The van der Waals surface area contributed by atoms with Crippen molar-refractivity contribution >= 4 is 33.5 Å². The van der Waals surface area contributed by atoms with Gasteiger partial charge in [-0.1, -0.05) is 0 Å². The molecule has 3 aliphatic heterocycles. The van der Waals surface area contributed by atoms with E-state index in [1.165, 1.54) is 4.90 Å². The quantitative estimate of drug-likeness (QED) is 0.657. The Labute approximate surface area is 155 Å². The zero-order valence-electron chi connectivity index (χ0n) is 14.5. The minimum Gasteiger partial charge on any atom is -0.489 e. The number of nitrogens with zero attached hydrogens (tertiary/aromatic N) is 2. The van der Waals surface area contributed by atoms with Gasteiger partial charge in [0.15, 0.2) is 6.10 Å². The zero-order valence-corrected chi connectivity index (χ0v) is 15.3. The summed E-state index contributed by atoms with van der Waals surface area (Å²) >= 11 is 0. The second kappa shape index (κ2) is 6.66. The van der Waals surface area contributed by atoms with Crippen LogP contribution in [0.3, 0.4) is 0 Å². The van der Waals surface area contributed by atoms with Gasteiger partial charge in [-0.05, 0) is 12.1 Å². The standard InChI is InChI=1S/C16H18N2O8S/c1-27(21,22)25-8-14-12-7-24-13-6-10(17-4-5-23-9-15(17)19)2-3-11(13)18(12)16(20)26-14/h2-3,6,12,14H,4-5,7-9H2,1H3/t12-,14-/m0/s1. The number of rotatable bonds is 4. The molecule has 0 aromatic heterocycles. The van der Waals surface area contributed by atoms with Crippen molar-refractivity contribution in [3.8, 4) is 5.75 Å². The van der Waals surface area contributed by atoms with Crippen molar-refractivity contribution in [3.05, 3.63) is 18.2 Å². The van der Waals surface area contributed by atoms with E-state index in [9.17, 15) is 18.0 Å². The van der Waals surface area contributed by atoms with Gasteiger partial charge in [0.05, 0.1) is 18.6 Å². The summed E-state index contributed by atoms with van der Waals surface area (Å²) in [4.78, 5) is 27.3. The smallest absolute Gasteiger partial charge is 0.415 e. The highest BCUT2D eigenvalue weighted by atomic mass is 32.2. The van der Waals surface area contributed by atoms with E-state index in [4.69, 9.17) is 18.4 Å². The van der Waals surface area contributed by atoms with Crippen LogP contribution in [-0.2, 0) is 28.6 Å². The fourth-order valence-electron chi connectivity index (χ4n) is 3.31. The average Bonchev–Trinajstić information content (AvgIpc) is 2.96. The summed E-state index contributed by atoms with van der Waals surface area (Å²) in [5.74, 6) is 0.304. The molecule has 27 heavy (non-hydrogen) atoms.